The standard InChI is InChI=1S/C43H41FN4O6/c44-30-8-5-9-32(21-30)48(31-11-13-34(49)14-12-31)43(51)37-22-39(46-15-4-3-10-38(37)46)35-23-40-41(54-27-53-40)24-36(35)42(50)47-25-29-7-2-1-6-28(29)20-33(47)26-45-16-18-52-19-17-45/h1-2,5-9,11-14,21-24,33,49H,3-4,10,15-20,25-27H2/t33-/m0/s1. The van der Waals surface area contributed by atoms with E-state index in [4.69, 9.17) is 14.2 Å². The Labute approximate surface area is 312 Å². The fourth-order valence-corrected chi connectivity index (χ4v) is 8.36. The van der Waals surface area contributed by atoms with Crippen LogP contribution in [-0.4, -0.2) is 77.0 Å². The summed E-state index contributed by atoms with van der Waals surface area (Å²) in [6, 6.07) is 26.0. The Bertz CT molecular complexity index is 2230. The Morgan fingerprint density at radius 1 is 0.815 bits per heavy atom. The van der Waals surface area contributed by atoms with Gasteiger partial charge in [-0.05, 0) is 97.5 Å². The third kappa shape index (κ3) is 6.37. The van der Waals surface area contributed by atoms with E-state index in [0.29, 0.717) is 72.3 Å². The first-order chi connectivity index (χ1) is 26.4. The average Bonchev–Trinajstić information content (AvgIpc) is 3.83. The van der Waals surface area contributed by atoms with Gasteiger partial charge in [0.25, 0.3) is 11.8 Å². The molecule has 5 aromatic rings. The van der Waals surface area contributed by atoms with Crippen LogP contribution in [0.25, 0.3) is 11.3 Å². The topological polar surface area (TPSA) is 96.7 Å². The van der Waals surface area contributed by atoms with Gasteiger partial charge in [-0.15, -0.1) is 0 Å². The summed E-state index contributed by atoms with van der Waals surface area (Å²) in [5.74, 6) is 0.184. The van der Waals surface area contributed by atoms with Crippen molar-refractivity contribution in [3.63, 3.8) is 0 Å². The first kappa shape index (κ1) is 34.1. The van der Waals surface area contributed by atoms with Crippen molar-refractivity contribution in [1.29, 1.82) is 0 Å². The van der Waals surface area contributed by atoms with Crippen LogP contribution in [0.2, 0.25) is 0 Å². The highest BCUT2D eigenvalue weighted by atomic mass is 19.1. The molecule has 1 saturated heterocycles. The van der Waals surface area contributed by atoms with Gasteiger partial charge in [0, 0.05) is 61.4 Å². The molecule has 0 radical (unpaired) electrons. The molecule has 2 amide bonds. The van der Waals surface area contributed by atoms with Crippen molar-refractivity contribution in [1.82, 2.24) is 14.4 Å². The van der Waals surface area contributed by atoms with E-state index in [9.17, 15) is 14.3 Å². The normalized spacial score (nSPS) is 17.9. The fourth-order valence-electron chi connectivity index (χ4n) is 8.36. The number of hydrogen-bond acceptors (Lipinski definition) is 7. The van der Waals surface area contributed by atoms with Crippen molar-refractivity contribution in [2.75, 3.05) is 44.5 Å². The highest BCUT2D eigenvalue weighted by molar-refractivity contribution is 6.12. The van der Waals surface area contributed by atoms with Gasteiger partial charge < -0.3 is 28.8 Å². The summed E-state index contributed by atoms with van der Waals surface area (Å²) in [4.78, 5) is 35.9. The Morgan fingerprint density at radius 2 is 1.59 bits per heavy atom. The quantitative estimate of drug-likeness (QED) is 0.194. The molecule has 1 N–H and O–H groups in total. The van der Waals surface area contributed by atoms with Gasteiger partial charge in [0.1, 0.15) is 11.6 Å². The molecule has 276 valence electrons. The Hall–Kier alpha value is -5.65. The van der Waals surface area contributed by atoms with Gasteiger partial charge in [-0.1, -0.05) is 30.3 Å². The molecule has 4 aliphatic rings. The van der Waals surface area contributed by atoms with Crippen LogP contribution >= 0.6 is 0 Å². The number of anilines is 2. The summed E-state index contributed by atoms with van der Waals surface area (Å²) in [7, 11) is 0. The van der Waals surface area contributed by atoms with E-state index in [2.05, 4.69) is 27.7 Å². The Kier molecular flexibility index (Phi) is 9.04. The van der Waals surface area contributed by atoms with Crippen LogP contribution in [0.1, 0.15) is 50.4 Å². The first-order valence-corrected chi connectivity index (χ1v) is 18.6. The fraction of sp³-hybridized carbons (Fsp3) is 0.302. The van der Waals surface area contributed by atoms with Crippen LogP contribution in [0.3, 0.4) is 0 Å². The molecule has 1 atom stereocenters. The number of halogens is 1. The van der Waals surface area contributed by atoms with Gasteiger partial charge in [0.15, 0.2) is 11.5 Å². The molecule has 4 aliphatic heterocycles. The van der Waals surface area contributed by atoms with Gasteiger partial charge in [-0.25, -0.2) is 4.39 Å². The smallest absolute Gasteiger partial charge is 0.264 e. The van der Waals surface area contributed by atoms with E-state index >= 15 is 4.79 Å². The van der Waals surface area contributed by atoms with Gasteiger partial charge in [-0.3, -0.25) is 19.4 Å². The molecular formula is C43H41FN4O6. The van der Waals surface area contributed by atoms with Crippen LogP contribution in [0.4, 0.5) is 15.8 Å². The van der Waals surface area contributed by atoms with E-state index in [1.54, 1.807) is 30.3 Å². The minimum atomic E-state index is -0.473. The number of aromatic hydroxyl groups is 1. The molecule has 0 spiro atoms. The molecule has 4 aromatic carbocycles. The molecule has 1 aromatic heterocycles. The van der Waals surface area contributed by atoms with Gasteiger partial charge >= 0.3 is 0 Å². The maximum Gasteiger partial charge on any atom is 0.264 e. The molecule has 0 bridgehead atoms. The van der Waals surface area contributed by atoms with Gasteiger partial charge in [0.2, 0.25) is 6.79 Å². The number of ether oxygens (including phenoxy) is 3. The van der Waals surface area contributed by atoms with Crippen molar-refractivity contribution in [3.05, 3.63) is 125 Å². The van der Waals surface area contributed by atoms with Crippen molar-refractivity contribution in [2.24, 2.45) is 0 Å². The number of hydrogen-bond donors (Lipinski definition) is 1. The number of carbonyl (C=O) groups is 2. The van der Waals surface area contributed by atoms with Crippen LogP contribution in [0.15, 0.2) is 91.0 Å². The minimum absolute atomic E-state index is 0.0500. The molecule has 0 saturated carbocycles. The summed E-state index contributed by atoms with van der Waals surface area (Å²) < 4.78 is 34.2. The summed E-state index contributed by atoms with van der Waals surface area (Å²) in [5, 5.41) is 10.1. The average molecular weight is 729 g/mol. The lowest BCUT2D eigenvalue weighted by molar-refractivity contribution is 0.0193. The van der Waals surface area contributed by atoms with Crippen molar-refractivity contribution >= 4 is 23.2 Å². The molecule has 1 fully saturated rings. The molecule has 5 heterocycles. The highest BCUT2D eigenvalue weighted by Gasteiger charge is 2.36. The van der Waals surface area contributed by atoms with Crippen molar-refractivity contribution in [3.8, 4) is 28.5 Å². The number of phenolic OH excluding ortho intramolecular Hbond substituents is 1. The number of morpholine rings is 1. The van der Waals surface area contributed by atoms with Crippen LogP contribution < -0.4 is 14.4 Å². The molecule has 0 aliphatic carbocycles. The van der Waals surface area contributed by atoms with E-state index in [0.717, 1.165) is 55.8 Å². The number of aromatic nitrogens is 1. The predicted molar refractivity (Wildman–Crippen MR) is 201 cm³/mol. The molecule has 9 rings (SSSR count). The predicted octanol–water partition coefficient (Wildman–Crippen LogP) is 6.94. The number of amides is 2. The van der Waals surface area contributed by atoms with Gasteiger partial charge in [0.05, 0.1) is 30.0 Å². The lowest BCUT2D eigenvalue weighted by Crippen LogP contribution is -2.52. The second kappa shape index (κ2) is 14.3. The molecule has 10 nitrogen and oxygen atoms in total. The molecular weight excluding hydrogens is 687 g/mol. The Balaban J connectivity index is 1.15. The number of rotatable bonds is 7. The first-order valence-electron chi connectivity index (χ1n) is 18.6. The molecule has 54 heavy (non-hydrogen) atoms. The zero-order chi connectivity index (χ0) is 36.8. The largest absolute Gasteiger partial charge is 0.508 e. The summed E-state index contributed by atoms with van der Waals surface area (Å²) in [5.41, 5.74) is 6.44. The monoisotopic (exact) mass is 728 g/mol. The minimum Gasteiger partial charge on any atom is -0.508 e. The van der Waals surface area contributed by atoms with Crippen LogP contribution in [0.5, 0.6) is 17.2 Å². The van der Waals surface area contributed by atoms with E-state index in [-0.39, 0.29) is 30.4 Å². The second-order valence-corrected chi connectivity index (χ2v) is 14.4. The molecule has 0 unspecified atom stereocenters. The van der Waals surface area contributed by atoms with E-state index in [1.165, 1.54) is 34.7 Å². The number of nitrogens with zero attached hydrogens (tertiary/aromatic N) is 4. The maximum absolute atomic E-state index is 15.1. The zero-order valence-electron chi connectivity index (χ0n) is 29.9. The summed E-state index contributed by atoms with van der Waals surface area (Å²) in [6.45, 7) is 4.91. The lowest BCUT2D eigenvalue weighted by Gasteiger charge is -2.40. The summed E-state index contributed by atoms with van der Waals surface area (Å²) >= 11 is 0. The van der Waals surface area contributed by atoms with E-state index < -0.39 is 5.82 Å². The second-order valence-electron chi connectivity index (χ2n) is 14.4. The maximum atomic E-state index is 15.1. The zero-order valence-corrected chi connectivity index (χ0v) is 29.9. The summed E-state index contributed by atoms with van der Waals surface area (Å²) in [6.07, 6.45) is 3.20. The van der Waals surface area contributed by atoms with Crippen LogP contribution in [0, 0.1) is 5.82 Å². The van der Waals surface area contributed by atoms with Crippen molar-refractivity contribution in [2.45, 2.75) is 44.8 Å². The molecule has 11 heteroatoms. The third-order valence-corrected chi connectivity index (χ3v) is 11.1. The van der Waals surface area contributed by atoms with Crippen molar-refractivity contribution < 1.29 is 33.3 Å². The van der Waals surface area contributed by atoms with Gasteiger partial charge in [-0.2, -0.15) is 0 Å². The Morgan fingerprint density at radius 3 is 2.39 bits per heavy atom. The number of benzene rings is 4. The number of fused-ring (bicyclic) bond motifs is 3. The SMILES string of the molecule is O=C(c1cc(-c2cc3c(cc2C(=O)N2Cc4ccccc4C[C@H]2CN2CCOCC2)OCO3)n2c1CCCC2)N(c1ccc(O)cc1)c1cccc(F)c1. The third-order valence-electron chi connectivity index (χ3n) is 11.1. The lowest BCUT2D eigenvalue weighted by atomic mass is 9.92. The highest BCUT2D eigenvalue weighted by Crippen LogP contribution is 2.43. The van der Waals surface area contributed by atoms with E-state index in [1.807, 2.05) is 23.1 Å². The number of phenols is 1. The number of carbonyl (C=O) groups excluding carboxylic acids is 2. The van der Waals surface area contributed by atoms with Crippen LogP contribution in [-0.2, 0) is 30.7 Å².